The smallest absolute Gasteiger partial charge is 0.0409 e. The Morgan fingerprint density at radius 2 is 2.17 bits per heavy atom. The maximum atomic E-state index is 6.06. The average Bonchev–Trinajstić information content (AvgIpc) is 2.31. The summed E-state index contributed by atoms with van der Waals surface area (Å²) in [5.41, 5.74) is 7.23. The van der Waals surface area contributed by atoms with Gasteiger partial charge in [-0.2, -0.15) is 0 Å². The van der Waals surface area contributed by atoms with Crippen molar-refractivity contribution in [3.05, 3.63) is 34.9 Å². The highest BCUT2D eigenvalue weighted by Gasteiger charge is 2.31. The third-order valence-electron chi connectivity index (χ3n) is 4.40. The van der Waals surface area contributed by atoms with Crippen LogP contribution in [0.2, 0.25) is 5.02 Å². The predicted molar refractivity (Wildman–Crippen MR) is 77.8 cm³/mol. The standard InChI is InChI=1S/C15H23ClN2/c1-11(13-7-4-8-14(16)9-13)18(2)15(10-17)12-5-3-6-12/h4,7-9,11-12,15H,3,5-6,10,17H2,1-2H3. The Balaban J connectivity index is 2.09. The van der Waals surface area contributed by atoms with Crippen molar-refractivity contribution in [1.82, 2.24) is 4.90 Å². The van der Waals surface area contributed by atoms with Crippen molar-refractivity contribution >= 4 is 11.6 Å². The third-order valence-corrected chi connectivity index (χ3v) is 4.64. The molecule has 2 N–H and O–H groups in total. The Morgan fingerprint density at radius 3 is 2.67 bits per heavy atom. The zero-order valence-electron chi connectivity index (χ0n) is 11.3. The van der Waals surface area contributed by atoms with Gasteiger partial charge in [-0.05, 0) is 50.4 Å². The van der Waals surface area contributed by atoms with Crippen molar-refractivity contribution in [3.63, 3.8) is 0 Å². The Bertz CT molecular complexity index is 390. The van der Waals surface area contributed by atoms with Gasteiger partial charge in [-0.1, -0.05) is 30.2 Å². The van der Waals surface area contributed by atoms with Crippen LogP contribution >= 0.6 is 11.6 Å². The van der Waals surface area contributed by atoms with Gasteiger partial charge in [0, 0.05) is 23.7 Å². The molecule has 100 valence electrons. The van der Waals surface area contributed by atoms with Crippen molar-refractivity contribution in [3.8, 4) is 0 Å². The van der Waals surface area contributed by atoms with Crippen molar-refractivity contribution < 1.29 is 0 Å². The number of nitrogens with two attached hydrogens (primary N) is 1. The van der Waals surface area contributed by atoms with Crippen LogP contribution in [0.25, 0.3) is 0 Å². The van der Waals surface area contributed by atoms with Crippen molar-refractivity contribution in [2.45, 2.75) is 38.3 Å². The average molecular weight is 267 g/mol. The normalized spacial score (nSPS) is 19.6. The Hall–Kier alpha value is -0.570. The van der Waals surface area contributed by atoms with E-state index in [2.05, 4.69) is 31.0 Å². The number of nitrogens with zero attached hydrogens (tertiary/aromatic N) is 1. The zero-order valence-corrected chi connectivity index (χ0v) is 12.0. The van der Waals surface area contributed by atoms with Gasteiger partial charge in [0.05, 0.1) is 0 Å². The van der Waals surface area contributed by atoms with E-state index in [1.54, 1.807) is 0 Å². The van der Waals surface area contributed by atoms with Crippen LogP contribution in [0.3, 0.4) is 0 Å². The summed E-state index contributed by atoms with van der Waals surface area (Å²) in [5.74, 6) is 0.779. The maximum Gasteiger partial charge on any atom is 0.0409 e. The van der Waals surface area contributed by atoms with E-state index in [4.69, 9.17) is 17.3 Å². The first-order valence-corrected chi connectivity index (χ1v) is 7.18. The summed E-state index contributed by atoms with van der Waals surface area (Å²) in [6, 6.07) is 8.98. The van der Waals surface area contributed by atoms with Crippen LogP contribution < -0.4 is 5.73 Å². The summed E-state index contributed by atoms with van der Waals surface area (Å²) in [7, 11) is 2.18. The number of hydrogen-bond donors (Lipinski definition) is 1. The number of halogens is 1. The Morgan fingerprint density at radius 1 is 1.44 bits per heavy atom. The molecule has 1 aromatic rings. The molecule has 0 aromatic heterocycles. The molecule has 2 unspecified atom stereocenters. The molecule has 0 spiro atoms. The maximum absolute atomic E-state index is 6.06. The molecule has 0 radical (unpaired) electrons. The summed E-state index contributed by atoms with van der Waals surface area (Å²) in [6.45, 7) is 2.97. The van der Waals surface area contributed by atoms with Crippen LogP contribution in [-0.2, 0) is 0 Å². The van der Waals surface area contributed by atoms with Crippen molar-refractivity contribution in [2.24, 2.45) is 11.7 Å². The van der Waals surface area contributed by atoms with E-state index in [1.165, 1.54) is 24.8 Å². The molecule has 1 aliphatic carbocycles. The lowest BCUT2D eigenvalue weighted by atomic mass is 9.78. The van der Waals surface area contributed by atoms with E-state index in [0.29, 0.717) is 12.1 Å². The summed E-state index contributed by atoms with van der Waals surface area (Å²) in [5, 5.41) is 0.806. The third kappa shape index (κ3) is 2.87. The Labute approximate surface area is 115 Å². The summed E-state index contributed by atoms with van der Waals surface area (Å²) in [4.78, 5) is 2.41. The molecular weight excluding hydrogens is 244 g/mol. The topological polar surface area (TPSA) is 29.3 Å². The van der Waals surface area contributed by atoms with Crippen LogP contribution in [0, 0.1) is 5.92 Å². The monoisotopic (exact) mass is 266 g/mol. The lowest BCUT2D eigenvalue weighted by Gasteiger charge is -2.41. The molecule has 1 saturated carbocycles. The molecule has 0 saturated heterocycles. The molecular formula is C15H23ClN2. The van der Waals surface area contributed by atoms with Crippen LogP contribution in [0.5, 0.6) is 0 Å². The molecule has 18 heavy (non-hydrogen) atoms. The van der Waals surface area contributed by atoms with Crippen LogP contribution in [0.1, 0.15) is 37.8 Å². The molecule has 0 aliphatic heterocycles. The first kappa shape index (κ1) is 13.9. The largest absolute Gasteiger partial charge is 0.329 e. The van der Waals surface area contributed by atoms with Crippen LogP contribution in [0.15, 0.2) is 24.3 Å². The van der Waals surface area contributed by atoms with Gasteiger partial charge in [0.2, 0.25) is 0 Å². The lowest BCUT2D eigenvalue weighted by molar-refractivity contribution is 0.0932. The second kappa shape index (κ2) is 6.05. The molecule has 0 bridgehead atoms. The van der Waals surface area contributed by atoms with Gasteiger partial charge in [-0.25, -0.2) is 0 Å². The van der Waals surface area contributed by atoms with Gasteiger partial charge < -0.3 is 5.73 Å². The molecule has 2 nitrogen and oxygen atoms in total. The fourth-order valence-corrected chi connectivity index (χ4v) is 3.00. The van der Waals surface area contributed by atoms with Crippen molar-refractivity contribution in [2.75, 3.05) is 13.6 Å². The summed E-state index contributed by atoms with van der Waals surface area (Å²) >= 11 is 6.06. The van der Waals surface area contributed by atoms with Gasteiger partial charge in [-0.3, -0.25) is 4.90 Å². The summed E-state index contributed by atoms with van der Waals surface area (Å²) in [6.07, 6.45) is 4.02. The fourth-order valence-electron chi connectivity index (χ4n) is 2.80. The van der Waals surface area contributed by atoms with Gasteiger partial charge in [0.1, 0.15) is 0 Å². The van der Waals surface area contributed by atoms with Gasteiger partial charge in [-0.15, -0.1) is 0 Å². The molecule has 0 heterocycles. The number of benzene rings is 1. The number of hydrogen-bond acceptors (Lipinski definition) is 2. The molecule has 2 atom stereocenters. The van der Waals surface area contributed by atoms with E-state index < -0.39 is 0 Å². The van der Waals surface area contributed by atoms with E-state index in [-0.39, 0.29) is 0 Å². The molecule has 1 aromatic carbocycles. The molecule has 1 aliphatic rings. The number of likely N-dealkylation sites (N-methyl/N-ethyl adjacent to an activating group) is 1. The van der Waals surface area contributed by atoms with Gasteiger partial charge in [0.15, 0.2) is 0 Å². The minimum Gasteiger partial charge on any atom is -0.329 e. The van der Waals surface area contributed by atoms with E-state index >= 15 is 0 Å². The van der Waals surface area contributed by atoms with E-state index in [1.807, 2.05) is 12.1 Å². The fraction of sp³-hybridized carbons (Fsp3) is 0.600. The molecule has 0 amide bonds. The van der Waals surface area contributed by atoms with Crippen molar-refractivity contribution in [1.29, 1.82) is 0 Å². The minimum atomic E-state index is 0.359. The highest BCUT2D eigenvalue weighted by Crippen LogP contribution is 2.34. The zero-order chi connectivity index (χ0) is 13.1. The second-order valence-corrected chi connectivity index (χ2v) is 5.83. The highest BCUT2D eigenvalue weighted by molar-refractivity contribution is 6.30. The predicted octanol–water partition coefficient (Wildman–Crippen LogP) is 3.46. The summed E-state index contributed by atoms with van der Waals surface area (Å²) < 4.78 is 0. The number of rotatable bonds is 5. The first-order valence-electron chi connectivity index (χ1n) is 6.81. The van der Waals surface area contributed by atoms with Crippen LogP contribution in [-0.4, -0.2) is 24.5 Å². The van der Waals surface area contributed by atoms with Gasteiger partial charge >= 0.3 is 0 Å². The molecule has 2 rings (SSSR count). The quantitative estimate of drug-likeness (QED) is 0.884. The Kier molecular flexibility index (Phi) is 4.66. The molecule has 3 heteroatoms. The van der Waals surface area contributed by atoms with E-state index in [0.717, 1.165) is 17.5 Å². The van der Waals surface area contributed by atoms with Crippen LogP contribution in [0.4, 0.5) is 0 Å². The first-order chi connectivity index (χ1) is 8.63. The molecule has 1 fully saturated rings. The minimum absolute atomic E-state index is 0.359. The SMILES string of the molecule is CC(c1cccc(Cl)c1)N(C)C(CN)C1CCC1. The van der Waals surface area contributed by atoms with Gasteiger partial charge in [0.25, 0.3) is 0 Å². The highest BCUT2D eigenvalue weighted by atomic mass is 35.5. The lowest BCUT2D eigenvalue weighted by Crippen LogP contribution is -2.46. The second-order valence-electron chi connectivity index (χ2n) is 5.39. The van der Waals surface area contributed by atoms with E-state index in [9.17, 15) is 0 Å².